The molecule has 2 N–H and O–H groups in total. The molecule has 1 rings (SSSR count). The largest absolute Gasteiger partial charge is 0.468 e. The standard InChI is InChI=1S/C9H10NO2/c1-12-9(11)8(10)7-5-3-2-4-6-7/h2-5,8H,10H2,1H3. The molecule has 0 aliphatic carbocycles. The van der Waals surface area contributed by atoms with Crippen molar-refractivity contribution in [2.75, 3.05) is 7.11 Å². The van der Waals surface area contributed by atoms with Crippen molar-refractivity contribution in [1.82, 2.24) is 0 Å². The van der Waals surface area contributed by atoms with Crippen molar-refractivity contribution in [3.63, 3.8) is 0 Å². The second kappa shape index (κ2) is 3.88. The summed E-state index contributed by atoms with van der Waals surface area (Å²) in [6, 6.07) is 9.19. The maximum atomic E-state index is 10.9. The summed E-state index contributed by atoms with van der Waals surface area (Å²) in [6.07, 6.45) is 0. The fourth-order valence-electron chi connectivity index (χ4n) is 0.855. The minimum absolute atomic E-state index is 0.447. The molecule has 0 heterocycles. The number of hydrogen-bond acceptors (Lipinski definition) is 3. The highest BCUT2D eigenvalue weighted by Crippen LogP contribution is 2.09. The van der Waals surface area contributed by atoms with Gasteiger partial charge in [-0.3, -0.25) is 4.79 Å². The van der Waals surface area contributed by atoms with Gasteiger partial charge in [0.15, 0.2) is 0 Å². The monoisotopic (exact) mass is 164 g/mol. The van der Waals surface area contributed by atoms with Gasteiger partial charge in [0, 0.05) is 0 Å². The van der Waals surface area contributed by atoms with Crippen molar-refractivity contribution < 1.29 is 9.53 Å². The molecule has 1 radical (unpaired) electrons. The lowest BCUT2D eigenvalue weighted by Crippen LogP contribution is -2.22. The van der Waals surface area contributed by atoms with Crippen LogP contribution in [0.2, 0.25) is 0 Å². The van der Waals surface area contributed by atoms with Crippen LogP contribution in [0, 0.1) is 6.07 Å². The van der Waals surface area contributed by atoms with Gasteiger partial charge < -0.3 is 10.5 Å². The Morgan fingerprint density at radius 2 is 2.42 bits per heavy atom. The summed E-state index contributed by atoms with van der Waals surface area (Å²) in [4.78, 5) is 10.9. The zero-order valence-corrected chi connectivity index (χ0v) is 6.78. The van der Waals surface area contributed by atoms with Gasteiger partial charge in [-0.25, -0.2) is 0 Å². The molecule has 0 bridgehead atoms. The van der Waals surface area contributed by atoms with E-state index in [4.69, 9.17) is 5.73 Å². The van der Waals surface area contributed by atoms with E-state index < -0.39 is 12.0 Å². The van der Waals surface area contributed by atoms with E-state index in [0.717, 1.165) is 0 Å². The first kappa shape index (κ1) is 8.74. The molecular formula is C9H10NO2. The Kier molecular flexibility index (Phi) is 2.82. The summed E-state index contributed by atoms with van der Waals surface area (Å²) in [7, 11) is 1.31. The molecule has 0 saturated carbocycles. The molecule has 12 heavy (non-hydrogen) atoms. The predicted octanol–water partition coefficient (Wildman–Crippen LogP) is 0.660. The zero-order chi connectivity index (χ0) is 8.97. The lowest BCUT2D eigenvalue weighted by atomic mass is 10.1. The molecule has 0 amide bonds. The molecule has 0 aromatic heterocycles. The highest BCUT2D eigenvalue weighted by atomic mass is 16.5. The van der Waals surface area contributed by atoms with Crippen molar-refractivity contribution >= 4 is 5.97 Å². The second-order valence-corrected chi connectivity index (χ2v) is 2.32. The van der Waals surface area contributed by atoms with Crippen molar-refractivity contribution in [3.8, 4) is 0 Å². The Morgan fingerprint density at radius 1 is 1.67 bits per heavy atom. The van der Waals surface area contributed by atoms with Crippen LogP contribution < -0.4 is 5.73 Å². The number of esters is 1. The Hall–Kier alpha value is -1.35. The minimum atomic E-state index is -0.726. The zero-order valence-electron chi connectivity index (χ0n) is 6.78. The number of hydrogen-bond donors (Lipinski definition) is 1. The average molecular weight is 164 g/mol. The van der Waals surface area contributed by atoms with Crippen LogP contribution >= 0.6 is 0 Å². The van der Waals surface area contributed by atoms with Gasteiger partial charge in [-0.1, -0.05) is 24.3 Å². The lowest BCUT2D eigenvalue weighted by molar-refractivity contribution is -0.142. The smallest absolute Gasteiger partial charge is 0.327 e. The van der Waals surface area contributed by atoms with Crippen LogP contribution in [-0.4, -0.2) is 13.1 Å². The van der Waals surface area contributed by atoms with E-state index in [9.17, 15) is 4.79 Å². The van der Waals surface area contributed by atoms with E-state index >= 15 is 0 Å². The van der Waals surface area contributed by atoms with Gasteiger partial charge in [0.2, 0.25) is 0 Å². The molecule has 0 fully saturated rings. The van der Waals surface area contributed by atoms with Gasteiger partial charge in [0.25, 0.3) is 0 Å². The Morgan fingerprint density at radius 3 is 2.92 bits per heavy atom. The van der Waals surface area contributed by atoms with E-state index in [1.54, 1.807) is 18.2 Å². The van der Waals surface area contributed by atoms with Gasteiger partial charge in [-0.15, -0.1) is 0 Å². The van der Waals surface area contributed by atoms with Crippen LogP contribution in [0.1, 0.15) is 11.6 Å². The number of carbonyl (C=O) groups excluding carboxylic acids is 1. The number of methoxy groups -OCH3 is 1. The molecule has 3 nitrogen and oxygen atoms in total. The summed E-state index contributed by atoms with van der Waals surface area (Å²) in [5.41, 5.74) is 6.19. The molecule has 1 aromatic carbocycles. The summed E-state index contributed by atoms with van der Waals surface area (Å²) >= 11 is 0. The van der Waals surface area contributed by atoms with Crippen LogP contribution in [0.5, 0.6) is 0 Å². The first-order valence-electron chi connectivity index (χ1n) is 3.55. The van der Waals surface area contributed by atoms with Crippen LogP contribution in [0.15, 0.2) is 24.3 Å². The molecule has 1 unspecified atom stereocenters. The Bertz CT molecular complexity index is 258. The highest BCUT2D eigenvalue weighted by Gasteiger charge is 2.14. The first-order valence-corrected chi connectivity index (χ1v) is 3.55. The van der Waals surface area contributed by atoms with Crippen LogP contribution in [0.3, 0.4) is 0 Å². The summed E-state index contributed by atoms with van der Waals surface area (Å²) in [6.45, 7) is 0. The van der Waals surface area contributed by atoms with Crippen molar-refractivity contribution in [1.29, 1.82) is 0 Å². The van der Waals surface area contributed by atoms with Gasteiger partial charge >= 0.3 is 5.97 Å². The third kappa shape index (κ3) is 1.83. The SMILES string of the molecule is COC(=O)C(N)c1[c]cccc1. The van der Waals surface area contributed by atoms with E-state index in [1.165, 1.54) is 7.11 Å². The van der Waals surface area contributed by atoms with Crippen molar-refractivity contribution in [2.45, 2.75) is 6.04 Å². The molecular weight excluding hydrogens is 154 g/mol. The average Bonchev–Trinajstić information content (AvgIpc) is 2.17. The predicted molar refractivity (Wildman–Crippen MR) is 44.2 cm³/mol. The highest BCUT2D eigenvalue weighted by molar-refractivity contribution is 5.77. The summed E-state index contributed by atoms with van der Waals surface area (Å²) in [5, 5.41) is 0. The second-order valence-electron chi connectivity index (χ2n) is 2.32. The number of ether oxygens (including phenoxy) is 1. The number of carbonyl (C=O) groups is 1. The van der Waals surface area contributed by atoms with Crippen LogP contribution in [-0.2, 0) is 9.53 Å². The summed E-state index contributed by atoms with van der Waals surface area (Å²) < 4.78 is 4.48. The molecule has 3 heteroatoms. The third-order valence-electron chi connectivity index (χ3n) is 1.52. The third-order valence-corrected chi connectivity index (χ3v) is 1.52. The Balaban J connectivity index is 2.78. The maximum absolute atomic E-state index is 10.9. The molecule has 63 valence electrons. The van der Waals surface area contributed by atoms with E-state index in [2.05, 4.69) is 10.8 Å². The lowest BCUT2D eigenvalue weighted by Gasteiger charge is -2.07. The molecule has 0 aliphatic rings. The topological polar surface area (TPSA) is 52.3 Å². The molecule has 1 aromatic rings. The van der Waals surface area contributed by atoms with E-state index in [0.29, 0.717) is 5.56 Å². The van der Waals surface area contributed by atoms with E-state index in [1.807, 2.05) is 6.07 Å². The Labute approximate surface area is 71.1 Å². The summed E-state index contributed by atoms with van der Waals surface area (Å²) in [5.74, 6) is -0.447. The number of nitrogens with two attached hydrogens (primary N) is 1. The first-order chi connectivity index (χ1) is 5.75. The molecule has 1 atom stereocenters. The van der Waals surface area contributed by atoms with Crippen LogP contribution in [0.4, 0.5) is 0 Å². The molecule has 0 saturated heterocycles. The fourth-order valence-corrected chi connectivity index (χ4v) is 0.855. The fraction of sp³-hybridized carbons (Fsp3) is 0.222. The van der Waals surface area contributed by atoms with E-state index in [-0.39, 0.29) is 0 Å². The number of benzene rings is 1. The van der Waals surface area contributed by atoms with Gasteiger partial charge in [0.1, 0.15) is 6.04 Å². The maximum Gasteiger partial charge on any atom is 0.327 e. The normalized spacial score (nSPS) is 12.2. The molecule has 0 spiro atoms. The minimum Gasteiger partial charge on any atom is -0.468 e. The van der Waals surface area contributed by atoms with Crippen molar-refractivity contribution in [2.24, 2.45) is 5.73 Å². The van der Waals surface area contributed by atoms with Crippen LogP contribution in [0.25, 0.3) is 0 Å². The molecule has 0 aliphatic heterocycles. The van der Waals surface area contributed by atoms with Gasteiger partial charge in [-0.2, -0.15) is 0 Å². The quantitative estimate of drug-likeness (QED) is 0.653. The van der Waals surface area contributed by atoms with Gasteiger partial charge in [0.05, 0.1) is 7.11 Å². The van der Waals surface area contributed by atoms with Gasteiger partial charge in [-0.05, 0) is 11.6 Å². The number of rotatable bonds is 2. The van der Waals surface area contributed by atoms with Crippen molar-refractivity contribution in [3.05, 3.63) is 35.9 Å².